The van der Waals surface area contributed by atoms with Crippen LogP contribution in [0.25, 0.3) is 0 Å². The topological polar surface area (TPSA) is 72.8 Å². The molecule has 17 heavy (non-hydrogen) atoms. The second-order valence-electron chi connectivity index (χ2n) is 4.00. The van der Waals surface area contributed by atoms with Crippen LogP contribution in [0.2, 0.25) is 0 Å². The number of unbranched alkanes of at least 4 members (excludes halogenated alkanes) is 1. The number of ketones is 1. The molecule has 0 spiro atoms. The highest BCUT2D eigenvalue weighted by Crippen LogP contribution is 2.21. The van der Waals surface area contributed by atoms with E-state index in [0.29, 0.717) is 13.0 Å². The standard InChI is InChI=1S/C12H18O5/c1-16-10-6-9(11(13)7-10)4-2-3-5-17-8-12(14)15/h6,10H,2-5,7-8H2,1H3,(H,14,15). The van der Waals surface area contributed by atoms with Crippen molar-refractivity contribution in [3.63, 3.8) is 0 Å². The number of hydrogen-bond donors (Lipinski definition) is 1. The van der Waals surface area contributed by atoms with E-state index in [1.54, 1.807) is 7.11 Å². The van der Waals surface area contributed by atoms with Gasteiger partial charge in [0.15, 0.2) is 5.78 Å². The Labute approximate surface area is 100 Å². The number of carbonyl (C=O) groups is 2. The Morgan fingerprint density at radius 2 is 2.29 bits per heavy atom. The Morgan fingerprint density at radius 1 is 1.53 bits per heavy atom. The number of carboxylic acids is 1. The summed E-state index contributed by atoms with van der Waals surface area (Å²) < 4.78 is 10.00. The highest BCUT2D eigenvalue weighted by atomic mass is 16.5. The van der Waals surface area contributed by atoms with Crippen LogP contribution in [-0.2, 0) is 19.1 Å². The Bertz CT molecular complexity index is 308. The van der Waals surface area contributed by atoms with Crippen molar-refractivity contribution in [3.05, 3.63) is 11.6 Å². The molecule has 0 aromatic carbocycles. The van der Waals surface area contributed by atoms with Crippen LogP contribution in [0.15, 0.2) is 11.6 Å². The van der Waals surface area contributed by atoms with Crippen LogP contribution in [-0.4, -0.2) is 43.3 Å². The molecule has 0 bridgehead atoms. The van der Waals surface area contributed by atoms with Crippen molar-refractivity contribution in [1.82, 2.24) is 0 Å². The van der Waals surface area contributed by atoms with Crippen LogP contribution in [0, 0.1) is 0 Å². The minimum Gasteiger partial charge on any atom is -0.480 e. The Hall–Kier alpha value is -1.20. The van der Waals surface area contributed by atoms with E-state index in [9.17, 15) is 9.59 Å². The van der Waals surface area contributed by atoms with Crippen molar-refractivity contribution < 1.29 is 24.2 Å². The summed E-state index contributed by atoms with van der Waals surface area (Å²) in [4.78, 5) is 21.7. The minimum atomic E-state index is -0.957. The molecule has 0 amide bonds. The monoisotopic (exact) mass is 242 g/mol. The van der Waals surface area contributed by atoms with E-state index in [4.69, 9.17) is 14.6 Å². The normalized spacial score (nSPS) is 19.5. The van der Waals surface area contributed by atoms with Crippen molar-refractivity contribution >= 4 is 11.8 Å². The van der Waals surface area contributed by atoms with Gasteiger partial charge in [0, 0.05) is 20.1 Å². The quantitative estimate of drug-likeness (QED) is 0.647. The van der Waals surface area contributed by atoms with Crippen molar-refractivity contribution in [3.8, 4) is 0 Å². The summed E-state index contributed by atoms with van der Waals surface area (Å²) in [5.74, 6) is -0.801. The molecular weight excluding hydrogens is 224 g/mol. The molecule has 0 aromatic heterocycles. The highest BCUT2D eigenvalue weighted by molar-refractivity contribution is 5.98. The number of carboxylic acid groups (broad SMARTS) is 1. The van der Waals surface area contributed by atoms with Crippen LogP contribution in [0.1, 0.15) is 25.7 Å². The van der Waals surface area contributed by atoms with E-state index in [1.165, 1.54) is 0 Å². The smallest absolute Gasteiger partial charge is 0.329 e. The summed E-state index contributed by atoms with van der Waals surface area (Å²) in [5, 5.41) is 8.34. The maximum absolute atomic E-state index is 11.5. The first-order chi connectivity index (χ1) is 8.13. The Morgan fingerprint density at radius 3 is 2.88 bits per heavy atom. The predicted molar refractivity (Wildman–Crippen MR) is 60.8 cm³/mol. The van der Waals surface area contributed by atoms with Crippen LogP contribution in [0.5, 0.6) is 0 Å². The second kappa shape index (κ2) is 7.19. The van der Waals surface area contributed by atoms with Gasteiger partial charge in [-0.15, -0.1) is 0 Å². The van der Waals surface area contributed by atoms with Gasteiger partial charge in [-0.3, -0.25) is 4.79 Å². The zero-order chi connectivity index (χ0) is 12.7. The van der Waals surface area contributed by atoms with Crippen molar-refractivity contribution in [1.29, 1.82) is 0 Å². The van der Waals surface area contributed by atoms with E-state index in [-0.39, 0.29) is 18.5 Å². The maximum atomic E-state index is 11.5. The molecule has 1 aliphatic rings. The van der Waals surface area contributed by atoms with Crippen LogP contribution >= 0.6 is 0 Å². The van der Waals surface area contributed by atoms with Gasteiger partial charge in [-0.25, -0.2) is 4.79 Å². The van der Waals surface area contributed by atoms with Gasteiger partial charge < -0.3 is 14.6 Å². The lowest BCUT2D eigenvalue weighted by molar-refractivity contribution is -0.142. The molecule has 0 saturated heterocycles. The molecule has 0 fully saturated rings. The molecule has 96 valence electrons. The molecule has 0 radical (unpaired) electrons. The number of aliphatic carboxylic acids is 1. The number of hydrogen-bond acceptors (Lipinski definition) is 4. The maximum Gasteiger partial charge on any atom is 0.329 e. The van der Waals surface area contributed by atoms with Crippen molar-refractivity contribution in [2.24, 2.45) is 0 Å². The first-order valence-electron chi connectivity index (χ1n) is 5.69. The minimum absolute atomic E-state index is 0.0687. The number of ether oxygens (including phenoxy) is 2. The van der Waals surface area contributed by atoms with E-state index in [2.05, 4.69) is 0 Å². The third-order valence-corrected chi connectivity index (χ3v) is 2.64. The van der Waals surface area contributed by atoms with Crippen LogP contribution in [0.4, 0.5) is 0 Å². The first-order valence-corrected chi connectivity index (χ1v) is 5.69. The number of allylic oxidation sites excluding steroid dienone is 1. The van der Waals surface area contributed by atoms with Gasteiger partial charge in [0.2, 0.25) is 0 Å². The van der Waals surface area contributed by atoms with Gasteiger partial charge in [-0.2, -0.15) is 0 Å². The summed E-state index contributed by atoms with van der Waals surface area (Å²) >= 11 is 0. The molecule has 5 nitrogen and oxygen atoms in total. The Kier molecular flexibility index (Phi) is 5.86. The molecule has 1 rings (SSSR count). The first kappa shape index (κ1) is 13.9. The molecule has 0 heterocycles. The highest BCUT2D eigenvalue weighted by Gasteiger charge is 2.22. The fraction of sp³-hybridized carbons (Fsp3) is 0.667. The molecular formula is C12H18O5. The molecule has 5 heteroatoms. The Balaban J connectivity index is 2.10. The third kappa shape index (κ3) is 5.10. The summed E-state index contributed by atoms with van der Waals surface area (Å²) in [6.07, 6.45) is 4.56. The SMILES string of the molecule is COC1C=C(CCCCOCC(=O)O)C(=O)C1. The average molecular weight is 242 g/mol. The molecule has 0 aliphatic heterocycles. The predicted octanol–water partition coefficient (Wildman–Crippen LogP) is 1.17. The van der Waals surface area contributed by atoms with Crippen molar-refractivity contribution in [2.75, 3.05) is 20.3 Å². The lowest BCUT2D eigenvalue weighted by Crippen LogP contribution is -2.07. The van der Waals surface area contributed by atoms with Gasteiger partial charge in [0.25, 0.3) is 0 Å². The summed E-state index contributed by atoms with van der Waals surface area (Å²) in [5.41, 5.74) is 0.829. The summed E-state index contributed by atoms with van der Waals surface area (Å²) in [6.45, 7) is 0.162. The average Bonchev–Trinajstić information content (AvgIpc) is 2.64. The second-order valence-corrected chi connectivity index (χ2v) is 4.00. The van der Waals surface area contributed by atoms with Gasteiger partial charge >= 0.3 is 5.97 Å². The van der Waals surface area contributed by atoms with E-state index in [1.807, 2.05) is 6.08 Å². The fourth-order valence-electron chi connectivity index (χ4n) is 1.74. The number of methoxy groups -OCH3 is 1. The molecule has 1 atom stereocenters. The summed E-state index contributed by atoms with van der Waals surface area (Å²) in [7, 11) is 1.59. The molecule has 0 aromatic rings. The molecule has 0 saturated carbocycles. The van der Waals surface area contributed by atoms with Gasteiger partial charge in [0.1, 0.15) is 6.61 Å². The molecule has 1 unspecified atom stereocenters. The molecule has 1 aliphatic carbocycles. The van der Waals surface area contributed by atoms with E-state index in [0.717, 1.165) is 24.8 Å². The van der Waals surface area contributed by atoms with Gasteiger partial charge in [0.05, 0.1) is 6.10 Å². The van der Waals surface area contributed by atoms with Crippen LogP contribution in [0.3, 0.4) is 0 Å². The molecule has 1 N–H and O–H groups in total. The van der Waals surface area contributed by atoms with E-state index >= 15 is 0 Å². The van der Waals surface area contributed by atoms with Crippen LogP contribution < -0.4 is 0 Å². The van der Waals surface area contributed by atoms with Crippen molar-refractivity contribution in [2.45, 2.75) is 31.8 Å². The van der Waals surface area contributed by atoms with Gasteiger partial charge in [-0.1, -0.05) is 0 Å². The number of rotatable bonds is 8. The van der Waals surface area contributed by atoms with E-state index < -0.39 is 5.97 Å². The lowest BCUT2D eigenvalue weighted by Gasteiger charge is -2.01. The number of Topliss-reactive ketones (excluding diaryl/α,β-unsaturated/α-hetero) is 1. The zero-order valence-corrected chi connectivity index (χ0v) is 9.98. The number of carbonyl (C=O) groups excluding carboxylic acids is 1. The summed E-state index contributed by atoms with van der Waals surface area (Å²) in [6, 6.07) is 0. The third-order valence-electron chi connectivity index (χ3n) is 2.64. The fourth-order valence-corrected chi connectivity index (χ4v) is 1.74. The zero-order valence-electron chi connectivity index (χ0n) is 9.98. The van der Waals surface area contributed by atoms with Gasteiger partial charge in [-0.05, 0) is 30.9 Å². The largest absolute Gasteiger partial charge is 0.480 e. The lowest BCUT2D eigenvalue weighted by atomic mass is 10.1.